The monoisotopic (exact) mass is 112 g/mol. The second kappa shape index (κ2) is 2.09. The Labute approximate surface area is 48.1 Å². The van der Waals surface area contributed by atoms with E-state index < -0.39 is 0 Å². The number of carbonyl (C=O) groups is 1. The molecule has 0 aromatic heterocycles. The van der Waals surface area contributed by atoms with E-state index >= 15 is 0 Å². The first-order chi connectivity index (χ1) is 3.88. The molecule has 44 valence electrons. The highest BCUT2D eigenvalue weighted by molar-refractivity contribution is 5.61. The third kappa shape index (κ3) is 0.954. The normalized spacial score (nSPS) is 35.6. The number of carbonyl (C=O) groups excluding carboxylic acids is 1. The van der Waals surface area contributed by atoms with E-state index in [1.165, 1.54) is 0 Å². The molecule has 2 heteroatoms. The zero-order valence-corrected chi connectivity index (χ0v) is 4.70. The van der Waals surface area contributed by atoms with Crippen LogP contribution >= 0.6 is 0 Å². The topological polar surface area (TPSA) is 29.6 Å². The van der Waals surface area contributed by atoms with Crippen LogP contribution in [0.3, 0.4) is 0 Å². The summed E-state index contributed by atoms with van der Waals surface area (Å²) in [5.74, 6) is 0. The summed E-state index contributed by atoms with van der Waals surface area (Å²) in [7, 11) is 0. The molecule has 2 atom stereocenters. The number of hydrogen-bond acceptors (Lipinski definition) is 2. The van der Waals surface area contributed by atoms with E-state index in [-0.39, 0.29) is 12.2 Å². The maximum absolute atomic E-state index is 9.89. The van der Waals surface area contributed by atoms with Gasteiger partial charge in [-0.15, -0.1) is 0 Å². The molecular formula is C6H8O2. The van der Waals surface area contributed by atoms with Gasteiger partial charge in [0.15, 0.2) is 6.29 Å². The second-order valence-corrected chi connectivity index (χ2v) is 1.73. The predicted molar refractivity (Wildman–Crippen MR) is 29.5 cm³/mol. The Morgan fingerprint density at radius 1 is 1.50 bits per heavy atom. The minimum Gasteiger partial charge on any atom is -0.357 e. The molecule has 0 bridgehead atoms. The molecule has 2 nitrogen and oxygen atoms in total. The molecule has 0 saturated carbocycles. The van der Waals surface area contributed by atoms with Gasteiger partial charge in [-0.1, -0.05) is 12.2 Å². The Morgan fingerprint density at radius 2 is 2.25 bits per heavy atom. The first-order valence-corrected chi connectivity index (χ1v) is 2.62. The van der Waals surface area contributed by atoms with Crippen molar-refractivity contribution in [2.24, 2.45) is 0 Å². The van der Waals surface area contributed by atoms with E-state index in [1.807, 2.05) is 19.1 Å². The Kier molecular flexibility index (Phi) is 1.44. The smallest absolute Gasteiger partial charge is 0.151 e. The van der Waals surface area contributed by atoms with Crippen molar-refractivity contribution < 1.29 is 9.53 Å². The lowest BCUT2D eigenvalue weighted by atomic mass is 10.3. The summed E-state index contributed by atoms with van der Waals surface area (Å²) < 4.78 is 4.85. The fraction of sp³-hybridized carbons (Fsp3) is 0.500. The summed E-state index contributed by atoms with van der Waals surface area (Å²) in [4.78, 5) is 9.89. The highest BCUT2D eigenvalue weighted by atomic mass is 16.6. The summed E-state index contributed by atoms with van der Waals surface area (Å²) in [5.41, 5.74) is 0. The molecule has 1 heterocycles. The fourth-order valence-electron chi connectivity index (χ4n) is 0.590. The van der Waals surface area contributed by atoms with Crippen LogP contribution in [0.25, 0.3) is 0 Å². The van der Waals surface area contributed by atoms with Crippen molar-refractivity contribution in [3.8, 4) is 0 Å². The van der Waals surface area contributed by atoms with E-state index in [4.69, 9.17) is 4.74 Å². The number of allylic oxidation sites excluding steroid dienone is 1. The molecule has 0 aliphatic carbocycles. The van der Waals surface area contributed by atoms with Crippen LogP contribution in [0.15, 0.2) is 12.2 Å². The van der Waals surface area contributed by atoms with Crippen LogP contribution in [0.2, 0.25) is 0 Å². The molecular weight excluding hydrogens is 104 g/mol. The Morgan fingerprint density at radius 3 is 2.62 bits per heavy atom. The Bertz CT molecular complexity index is 118. The fourth-order valence-corrected chi connectivity index (χ4v) is 0.590. The van der Waals surface area contributed by atoms with Crippen molar-refractivity contribution in [1.29, 1.82) is 0 Å². The van der Waals surface area contributed by atoms with Gasteiger partial charge >= 0.3 is 0 Å². The molecule has 1 aliphatic rings. The maximum atomic E-state index is 9.89. The van der Waals surface area contributed by atoms with Gasteiger partial charge < -0.3 is 9.53 Å². The summed E-state index contributed by atoms with van der Waals surface area (Å²) in [6, 6.07) is 0. The molecule has 1 aliphatic heterocycles. The van der Waals surface area contributed by atoms with Crippen molar-refractivity contribution >= 4 is 6.29 Å². The lowest BCUT2D eigenvalue weighted by Gasteiger charge is -1.69. The van der Waals surface area contributed by atoms with Gasteiger partial charge in [-0.25, -0.2) is 0 Å². The molecule has 0 radical (unpaired) electrons. The van der Waals surface area contributed by atoms with Gasteiger partial charge in [0.2, 0.25) is 0 Å². The van der Waals surface area contributed by atoms with E-state index in [0.717, 1.165) is 6.29 Å². The van der Waals surface area contributed by atoms with Crippen LogP contribution < -0.4 is 0 Å². The summed E-state index contributed by atoms with van der Waals surface area (Å²) in [6.45, 7) is 1.91. The highest BCUT2D eigenvalue weighted by Gasteiger charge is 2.35. The van der Waals surface area contributed by atoms with Crippen molar-refractivity contribution in [3.05, 3.63) is 12.2 Å². The molecule has 1 rings (SSSR count). The maximum Gasteiger partial charge on any atom is 0.151 e. The summed E-state index contributed by atoms with van der Waals surface area (Å²) >= 11 is 0. The molecule has 0 amide bonds. The lowest BCUT2D eigenvalue weighted by Crippen LogP contribution is -1.88. The van der Waals surface area contributed by atoms with Crippen LogP contribution in [0.1, 0.15) is 6.92 Å². The molecule has 0 aromatic rings. The number of epoxide rings is 1. The van der Waals surface area contributed by atoms with E-state index in [0.29, 0.717) is 0 Å². The minimum atomic E-state index is -0.147. The Hall–Kier alpha value is -0.630. The molecule has 2 unspecified atom stereocenters. The summed E-state index contributed by atoms with van der Waals surface area (Å²) in [6.07, 6.45) is 4.52. The molecule has 0 N–H and O–H groups in total. The highest BCUT2D eigenvalue weighted by Crippen LogP contribution is 2.20. The van der Waals surface area contributed by atoms with Gasteiger partial charge in [0.1, 0.15) is 12.2 Å². The minimum absolute atomic E-state index is 0.0810. The van der Waals surface area contributed by atoms with Crippen molar-refractivity contribution in [3.63, 3.8) is 0 Å². The van der Waals surface area contributed by atoms with Gasteiger partial charge in [-0.05, 0) is 6.92 Å². The number of hydrogen-bond donors (Lipinski definition) is 0. The standard InChI is InChI=1S/C6H8O2/c1-2-3-5-6(4-7)8-5/h2-6H,1H3/b3-2+. The molecule has 1 saturated heterocycles. The lowest BCUT2D eigenvalue weighted by molar-refractivity contribution is -0.108. The van der Waals surface area contributed by atoms with Gasteiger partial charge in [0, 0.05) is 0 Å². The number of aldehydes is 1. The van der Waals surface area contributed by atoms with E-state index in [2.05, 4.69) is 0 Å². The second-order valence-electron chi connectivity index (χ2n) is 1.73. The van der Waals surface area contributed by atoms with Crippen molar-refractivity contribution in [2.45, 2.75) is 19.1 Å². The average molecular weight is 112 g/mol. The molecule has 0 spiro atoms. The summed E-state index contributed by atoms with van der Waals surface area (Å²) in [5, 5.41) is 0. The SMILES string of the molecule is C/C=C/C1OC1C=O. The van der Waals surface area contributed by atoms with Crippen LogP contribution in [0, 0.1) is 0 Å². The van der Waals surface area contributed by atoms with Crippen molar-refractivity contribution in [2.75, 3.05) is 0 Å². The largest absolute Gasteiger partial charge is 0.357 e. The first kappa shape index (κ1) is 5.51. The third-order valence-electron chi connectivity index (χ3n) is 1.08. The third-order valence-corrected chi connectivity index (χ3v) is 1.08. The van der Waals surface area contributed by atoms with Crippen LogP contribution in [-0.4, -0.2) is 18.5 Å². The van der Waals surface area contributed by atoms with Crippen LogP contribution in [0.4, 0.5) is 0 Å². The number of ether oxygens (including phenoxy) is 1. The van der Waals surface area contributed by atoms with Gasteiger partial charge in [-0.2, -0.15) is 0 Å². The first-order valence-electron chi connectivity index (χ1n) is 2.62. The van der Waals surface area contributed by atoms with E-state index in [9.17, 15) is 4.79 Å². The van der Waals surface area contributed by atoms with Gasteiger partial charge in [-0.3, -0.25) is 0 Å². The van der Waals surface area contributed by atoms with Gasteiger partial charge in [0.25, 0.3) is 0 Å². The zero-order valence-electron chi connectivity index (χ0n) is 4.70. The zero-order chi connectivity index (χ0) is 5.98. The van der Waals surface area contributed by atoms with E-state index in [1.54, 1.807) is 0 Å². The predicted octanol–water partition coefficient (Wildman–Crippen LogP) is 0.529. The Balaban J connectivity index is 2.26. The van der Waals surface area contributed by atoms with Crippen LogP contribution in [-0.2, 0) is 9.53 Å². The molecule has 1 fully saturated rings. The molecule has 0 aromatic carbocycles. The number of rotatable bonds is 2. The van der Waals surface area contributed by atoms with Crippen LogP contribution in [0.5, 0.6) is 0 Å². The van der Waals surface area contributed by atoms with Gasteiger partial charge in [0.05, 0.1) is 0 Å². The molecule has 8 heavy (non-hydrogen) atoms. The average Bonchev–Trinajstić information content (AvgIpc) is 2.48. The quantitative estimate of drug-likeness (QED) is 0.296. The van der Waals surface area contributed by atoms with Crippen molar-refractivity contribution in [1.82, 2.24) is 0 Å².